The van der Waals surface area contributed by atoms with E-state index < -0.39 is 0 Å². The molecule has 1 heterocycles. The topological polar surface area (TPSA) is 37.3 Å². The van der Waals surface area contributed by atoms with E-state index in [1.165, 1.54) is 11.8 Å². The number of rotatable bonds is 3. The molecule has 2 nitrogen and oxygen atoms in total. The fraction of sp³-hybridized carbons (Fsp3) is 0.727. The average Bonchev–Trinajstić information content (AvgIpc) is 2.28. The van der Waals surface area contributed by atoms with E-state index in [9.17, 15) is 9.90 Å². The van der Waals surface area contributed by atoms with Crippen molar-refractivity contribution in [3.8, 4) is 0 Å². The van der Waals surface area contributed by atoms with Crippen LogP contribution < -0.4 is 0 Å². The number of thioether (sulfide) groups is 1. The Morgan fingerprint density at radius 3 is 2.43 bits per heavy atom. The summed E-state index contributed by atoms with van der Waals surface area (Å²) in [6, 6.07) is 0. The van der Waals surface area contributed by atoms with Crippen molar-refractivity contribution in [2.24, 2.45) is 5.92 Å². The van der Waals surface area contributed by atoms with Crippen LogP contribution in [0.15, 0.2) is 11.3 Å². The predicted octanol–water partition coefficient (Wildman–Crippen LogP) is 3.29. The van der Waals surface area contributed by atoms with Crippen LogP contribution in [0.1, 0.15) is 40.5 Å². The Kier molecular flexibility index (Phi) is 3.30. The molecule has 1 rings (SSSR count). The molecule has 0 amide bonds. The van der Waals surface area contributed by atoms with Gasteiger partial charge in [0.15, 0.2) is 0 Å². The van der Waals surface area contributed by atoms with Crippen molar-refractivity contribution in [3.63, 3.8) is 0 Å². The van der Waals surface area contributed by atoms with Gasteiger partial charge in [-0.15, -0.1) is 0 Å². The highest BCUT2D eigenvalue weighted by molar-refractivity contribution is 8.15. The van der Waals surface area contributed by atoms with Crippen LogP contribution in [-0.2, 0) is 4.79 Å². The SMILES string of the molecule is CC1=C(O)[C@@](C)(CCC(C)C)SC1=O. The second-order valence-corrected chi connectivity index (χ2v) is 6.00. The van der Waals surface area contributed by atoms with Gasteiger partial charge >= 0.3 is 0 Å². The molecule has 0 spiro atoms. The van der Waals surface area contributed by atoms with Gasteiger partial charge in [0.2, 0.25) is 5.12 Å². The molecule has 1 aliphatic heterocycles. The van der Waals surface area contributed by atoms with Crippen LogP contribution in [0.3, 0.4) is 0 Å². The van der Waals surface area contributed by atoms with Crippen molar-refractivity contribution >= 4 is 16.9 Å². The Morgan fingerprint density at radius 1 is 1.50 bits per heavy atom. The smallest absolute Gasteiger partial charge is 0.219 e. The van der Waals surface area contributed by atoms with Crippen LogP contribution in [-0.4, -0.2) is 15.0 Å². The molecule has 1 atom stereocenters. The second kappa shape index (κ2) is 3.97. The molecule has 1 aliphatic rings. The third kappa shape index (κ3) is 2.14. The number of carbonyl (C=O) groups is 1. The van der Waals surface area contributed by atoms with Crippen molar-refractivity contribution in [1.82, 2.24) is 0 Å². The molecule has 0 bridgehead atoms. The maximum Gasteiger partial charge on any atom is 0.219 e. The van der Waals surface area contributed by atoms with Crippen LogP contribution in [0.5, 0.6) is 0 Å². The van der Waals surface area contributed by atoms with Gasteiger partial charge in [-0.3, -0.25) is 4.79 Å². The van der Waals surface area contributed by atoms with Gasteiger partial charge in [-0.1, -0.05) is 25.6 Å². The molecule has 0 radical (unpaired) electrons. The Labute approximate surface area is 89.8 Å². The molecular weight excluding hydrogens is 196 g/mol. The first-order valence-electron chi connectivity index (χ1n) is 5.00. The van der Waals surface area contributed by atoms with Gasteiger partial charge in [-0.25, -0.2) is 0 Å². The van der Waals surface area contributed by atoms with E-state index in [0.717, 1.165) is 12.8 Å². The summed E-state index contributed by atoms with van der Waals surface area (Å²) in [4.78, 5) is 11.4. The summed E-state index contributed by atoms with van der Waals surface area (Å²) in [6.45, 7) is 7.95. The summed E-state index contributed by atoms with van der Waals surface area (Å²) in [7, 11) is 0. The van der Waals surface area contributed by atoms with Gasteiger partial charge < -0.3 is 5.11 Å². The molecule has 80 valence electrons. The maximum absolute atomic E-state index is 11.4. The first-order chi connectivity index (χ1) is 6.37. The highest BCUT2D eigenvalue weighted by Gasteiger charge is 2.41. The van der Waals surface area contributed by atoms with Crippen molar-refractivity contribution in [3.05, 3.63) is 11.3 Å². The lowest BCUT2D eigenvalue weighted by Gasteiger charge is -2.23. The zero-order valence-electron chi connectivity index (χ0n) is 9.26. The van der Waals surface area contributed by atoms with Crippen LogP contribution in [0.25, 0.3) is 0 Å². The molecule has 0 unspecified atom stereocenters. The monoisotopic (exact) mass is 214 g/mol. The van der Waals surface area contributed by atoms with Crippen LogP contribution in [0.2, 0.25) is 0 Å². The van der Waals surface area contributed by atoms with Crippen LogP contribution >= 0.6 is 11.8 Å². The summed E-state index contributed by atoms with van der Waals surface area (Å²) in [5.41, 5.74) is 0.529. The molecule has 0 aromatic carbocycles. The quantitative estimate of drug-likeness (QED) is 0.783. The lowest BCUT2D eigenvalue weighted by molar-refractivity contribution is -0.107. The molecule has 0 aliphatic carbocycles. The summed E-state index contributed by atoms with van der Waals surface area (Å²) in [5.74, 6) is 0.893. The number of carbonyl (C=O) groups excluding carboxylic acids is 1. The minimum atomic E-state index is -0.370. The van der Waals surface area contributed by atoms with Crippen molar-refractivity contribution in [2.75, 3.05) is 0 Å². The molecule has 14 heavy (non-hydrogen) atoms. The molecule has 1 N–H and O–H groups in total. The number of hydrogen-bond acceptors (Lipinski definition) is 3. The molecular formula is C11H18O2S. The largest absolute Gasteiger partial charge is 0.510 e. The number of aliphatic hydroxyl groups excluding tert-OH is 1. The minimum absolute atomic E-state index is 0.0220. The molecule has 0 aromatic heterocycles. The first kappa shape index (κ1) is 11.6. The maximum atomic E-state index is 11.4. The number of aliphatic hydroxyl groups is 1. The second-order valence-electron chi connectivity index (χ2n) is 4.53. The van der Waals surface area contributed by atoms with Crippen molar-refractivity contribution < 1.29 is 9.90 Å². The highest BCUT2D eigenvalue weighted by atomic mass is 32.2. The van der Waals surface area contributed by atoms with E-state index in [4.69, 9.17) is 0 Å². The van der Waals surface area contributed by atoms with E-state index >= 15 is 0 Å². The molecule has 0 aromatic rings. The van der Waals surface area contributed by atoms with E-state index in [1.54, 1.807) is 6.92 Å². The van der Waals surface area contributed by atoms with Crippen molar-refractivity contribution in [1.29, 1.82) is 0 Å². The van der Waals surface area contributed by atoms with Crippen LogP contribution in [0.4, 0.5) is 0 Å². The van der Waals surface area contributed by atoms with Gasteiger partial charge in [-0.2, -0.15) is 0 Å². The van der Waals surface area contributed by atoms with Gasteiger partial charge in [-0.05, 0) is 32.6 Å². The third-order valence-corrected chi connectivity index (χ3v) is 4.02. The summed E-state index contributed by atoms with van der Waals surface area (Å²) in [5, 5.41) is 9.86. The zero-order valence-corrected chi connectivity index (χ0v) is 10.1. The van der Waals surface area contributed by atoms with Gasteiger partial charge in [0.1, 0.15) is 5.76 Å². The average molecular weight is 214 g/mol. The van der Waals surface area contributed by atoms with Gasteiger partial charge in [0.05, 0.1) is 4.75 Å². The lowest BCUT2D eigenvalue weighted by atomic mass is 9.95. The van der Waals surface area contributed by atoms with E-state index in [2.05, 4.69) is 13.8 Å². The molecule has 0 saturated heterocycles. The Morgan fingerprint density at radius 2 is 2.07 bits per heavy atom. The first-order valence-corrected chi connectivity index (χ1v) is 5.82. The summed E-state index contributed by atoms with van der Waals surface area (Å²) < 4.78 is -0.370. The fourth-order valence-corrected chi connectivity index (χ4v) is 2.68. The Balaban J connectivity index is 2.73. The van der Waals surface area contributed by atoms with Gasteiger partial charge in [0.25, 0.3) is 0 Å². The summed E-state index contributed by atoms with van der Waals surface area (Å²) >= 11 is 1.26. The van der Waals surface area contributed by atoms with Crippen LogP contribution in [0, 0.1) is 5.92 Å². The normalized spacial score (nSPS) is 27.9. The molecule has 3 heteroatoms. The van der Waals surface area contributed by atoms with E-state index in [0.29, 0.717) is 11.5 Å². The molecule has 0 fully saturated rings. The fourth-order valence-electron chi connectivity index (χ4n) is 1.56. The minimum Gasteiger partial charge on any atom is -0.510 e. The highest BCUT2D eigenvalue weighted by Crippen LogP contribution is 2.45. The lowest BCUT2D eigenvalue weighted by Crippen LogP contribution is -2.21. The van der Waals surface area contributed by atoms with E-state index in [-0.39, 0.29) is 15.6 Å². The summed E-state index contributed by atoms with van der Waals surface area (Å²) in [6.07, 6.45) is 1.90. The third-order valence-electron chi connectivity index (χ3n) is 2.68. The zero-order chi connectivity index (χ0) is 10.9. The van der Waals surface area contributed by atoms with Crippen molar-refractivity contribution in [2.45, 2.75) is 45.3 Å². The number of hydrogen-bond donors (Lipinski definition) is 1. The van der Waals surface area contributed by atoms with E-state index in [1.807, 2.05) is 6.92 Å². The predicted molar refractivity (Wildman–Crippen MR) is 60.4 cm³/mol. The Bertz CT molecular complexity index is 281. The standard InChI is InChI=1S/C11H18O2S/c1-7(2)5-6-11(4)9(12)8(3)10(13)14-11/h7,12H,5-6H2,1-4H3/t11-/m1/s1. The Hall–Kier alpha value is -0.440. The van der Waals surface area contributed by atoms with Gasteiger partial charge in [0, 0.05) is 5.57 Å². The molecule has 0 saturated carbocycles.